The Labute approximate surface area is 106 Å². The van der Waals surface area contributed by atoms with E-state index in [-0.39, 0.29) is 19.0 Å². The van der Waals surface area contributed by atoms with Crippen LogP contribution in [-0.2, 0) is 13.2 Å². The van der Waals surface area contributed by atoms with Gasteiger partial charge in [-0.1, -0.05) is 30.3 Å². The van der Waals surface area contributed by atoms with Gasteiger partial charge in [0.25, 0.3) is 0 Å². The maximum Gasteiger partial charge on any atom is 0.213 e. The summed E-state index contributed by atoms with van der Waals surface area (Å²) in [6.45, 7) is 0.493. The number of ether oxygens (including phenoxy) is 1. The van der Waals surface area contributed by atoms with E-state index in [0.717, 1.165) is 11.1 Å². The fraction of sp³-hybridized carbons (Fsp3) is 0.154. The number of aliphatic hydroxyl groups is 1. The summed E-state index contributed by atoms with van der Waals surface area (Å²) in [6, 6.07) is 13.4. The highest BCUT2D eigenvalue weighted by Gasteiger charge is 1.98. The van der Waals surface area contributed by atoms with E-state index in [4.69, 9.17) is 9.84 Å². The molecule has 0 bridgehead atoms. The van der Waals surface area contributed by atoms with Crippen LogP contribution in [0, 0.1) is 0 Å². The summed E-state index contributed by atoms with van der Waals surface area (Å²) < 4.78 is 5.51. The Balaban J connectivity index is 0.00000144. The summed E-state index contributed by atoms with van der Waals surface area (Å²) in [6.07, 6.45) is 1.63. The lowest BCUT2D eigenvalue weighted by atomic mass is 10.2. The third kappa shape index (κ3) is 4.06. The average molecular weight is 252 g/mol. The van der Waals surface area contributed by atoms with Crippen molar-refractivity contribution in [2.75, 3.05) is 0 Å². The van der Waals surface area contributed by atoms with Gasteiger partial charge in [0, 0.05) is 12.3 Å². The van der Waals surface area contributed by atoms with Crippen LogP contribution < -0.4 is 4.74 Å². The molecule has 4 heteroatoms. The zero-order valence-corrected chi connectivity index (χ0v) is 10.1. The Bertz CT molecular complexity index is 448. The van der Waals surface area contributed by atoms with Gasteiger partial charge in [-0.3, -0.25) is 0 Å². The van der Waals surface area contributed by atoms with Crippen LogP contribution in [0.25, 0.3) is 0 Å². The molecule has 0 saturated carbocycles. The van der Waals surface area contributed by atoms with Gasteiger partial charge in [0.1, 0.15) is 6.61 Å². The fourth-order valence-electron chi connectivity index (χ4n) is 1.36. The van der Waals surface area contributed by atoms with Crippen LogP contribution in [-0.4, -0.2) is 10.1 Å². The molecule has 0 atom stereocenters. The van der Waals surface area contributed by atoms with Crippen molar-refractivity contribution >= 4 is 12.4 Å². The molecule has 0 aliphatic heterocycles. The first-order chi connectivity index (χ1) is 7.88. The van der Waals surface area contributed by atoms with Crippen molar-refractivity contribution in [3.63, 3.8) is 0 Å². The summed E-state index contributed by atoms with van der Waals surface area (Å²) in [5.74, 6) is 0.537. The first-order valence-electron chi connectivity index (χ1n) is 5.11. The van der Waals surface area contributed by atoms with Gasteiger partial charge in [0.05, 0.1) is 6.61 Å². The number of aliphatic hydroxyl groups excluding tert-OH is 1. The van der Waals surface area contributed by atoms with Gasteiger partial charge < -0.3 is 9.84 Å². The molecule has 0 aliphatic carbocycles. The molecule has 1 aromatic heterocycles. The first kappa shape index (κ1) is 13.5. The van der Waals surface area contributed by atoms with Crippen molar-refractivity contribution in [1.29, 1.82) is 0 Å². The van der Waals surface area contributed by atoms with Gasteiger partial charge >= 0.3 is 0 Å². The number of halogens is 1. The van der Waals surface area contributed by atoms with E-state index in [9.17, 15) is 0 Å². The highest BCUT2D eigenvalue weighted by molar-refractivity contribution is 5.85. The predicted molar refractivity (Wildman–Crippen MR) is 68.2 cm³/mol. The van der Waals surface area contributed by atoms with Crippen molar-refractivity contribution < 1.29 is 9.84 Å². The summed E-state index contributed by atoms with van der Waals surface area (Å²) in [5, 5.41) is 8.96. The monoisotopic (exact) mass is 251 g/mol. The molecule has 0 amide bonds. The quantitative estimate of drug-likeness (QED) is 0.908. The van der Waals surface area contributed by atoms with Crippen molar-refractivity contribution in [2.45, 2.75) is 13.2 Å². The first-order valence-corrected chi connectivity index (χ1v) is 5.11. The molecule has 0 radical (unpaired) electrons. The van der Waals surface area contributed by atoms with Gasteiger partial charge in [-0.25, -0.2) is 4.98 Å². The summed E-state index contributed by atoms with van der Waals surface area (Å²) >= 11 is 0. The zero-order chi connectivity index (χ0) is 11.2. The molecule has 90 valence electrons. The normalized spacial score (nSPS) is 9.47. The van der Waals surface area contributed by atoms with Crippen LogP contribution in [0.5, 0.6) is 5.88 Å². The van der Waals surface area contributed by atoms with E-state index in [1.165, 1.54) is 0 Å². The smallest absolute Gasteiger partial charge is 0.213 e. The van der Waals surface area contributed by atoms with Crippen LogP contribution in [0.3, 0.4) is 0 Å². The highest BCUT2D eigenvalue weighted by atomic mass is 35.5. The summed E-state index contributed by atoms with van der Waals surface area (Å²) in [4.78, 5) is 4.07. The Morgan fingerprint density at radius 1 is 1.06 bits per heavy atom. The second-order valence-corrected chi connectivity index (χ2v) is 3.43. The van der Waals surface area contributed by atoms with Crippen LogP contribution in [0.15, 0.2) is 48.7 Å². The molecule has 0 unspecified atom stereocenters. The summed E-state index contributed by atoms with van der Waals surface area (Å²) in [5.41, 5.74) is 1.90. The van der Waals surface area contributed by atoms with Gasteiger partial charge in [-0.05, 0) is 17.2 Å². The predicted octanol–water partition coefficient (Wildman–Crippen LogP) is 2.57. The molecule has 2 rings (SSSR count). The van der Waals surface area contributed by atoms with Crippen LogP contribution >= 0.6 is 12.4 Å². The van der Waals surface area contributed by atoms with E-state index < -0.39 is 0 Å². The highest BCUT2D eigenvalue weighted by Crippen LogP contribution is 2.11. The van der Waals surface area contributed by atoms with Crippen molar-refractivity contribution in [2.24, 2.45) is 0 Å². The number of pyridine rings is 1. The van der Waals surface area contributed by atoms with Crippen molar-refractivity contribution in [3.05, 3.63) is 59.8 Å². The Kier molecular flexibility index (Phi) is 5.46. The lowest BCUT2D eigenvalue weighted by Crippen LogP contribution is -1.97. The van der Waals surface area contributed by atoms with Crippen LogP contribution in [0.4, 0.5) is 0 Å². The van der Waals surface area contributed by atoms with Crippen molar-refractivity contribution in [3.8, 4) is 5.88 Å². The molecule has 1 heterocycles. The van der Waals surface area contributed by atoms with Gasteiger partial charge in [0.2, 0.25) is 5.88 Å². The number of benzene rings is 1. The molecule has 0 fully saturated rings. The third-order valence-electron chi connectivity index (χ3n) is 2.21. The Morgan fingerprint density at radius 2 is 1.82 bits per heavy atom. The molecule has 3 nitrogen and oxygen atoms in total. The lowest BCUT2D eigenvalue weighted by molar-refractivity contribution is 0.275. The van der Waals surface area contributed by atoms with Crippen LogP contribution in [0.1, 0.15) is 11.1 Å². The van der Waals surface area contributed by atoms with E-state index in [0.29, 0.717) is 12.5 Å². The second kappa shape index (κ2) is 6.89. The molecule has 1 aromatic carbocycles. The molecular formula is C13H14ClNO2. The van der Waals surface area contributed by atoms with Gasteiger partial charge in [-0.15, -0.1) is 12.4 Å². The average Bonchev–Trinajstić information content (AvgIpc) is 2.38. The second-order valence-electron chi connectivity index (χ2n) is 3.43. The van der Waals surface area contributed by atoms with E-state index in [2.05, 4.69) is 4.98 Å². The Morgan fingerprint density at radius 3 is 2.53 bits per heavy atom. The molecule has 2 aromatic rings. The maximum absolute atomic E-state index is 8.96. The topological polar surface area (TPSA) is 42.4 Å². The lowest BCUT2D eigenvalue weighted by Gasteiger charge is -2.05. The minimum atomic E-state index is 0. The van der Waals surface area contributed by atoms with Crippen LogP contribution in [0.2, 0.25) is 0 Å². The van der Waals surface area contributed by atoms with Gasteiger partial charge in [0.15, 0.2) is 0 Å². The van der Waals surface area contributed by atoms with Crippen molar-refractivity contribution in [1.82, 2.24) is 4.98 Å². The molecular weight excluding hydrogens is 238 g/mol. The molecule has 0 saturated heterocycles. The zero-order valence-electron chi connectivity index (χ0n) is 9.24. The minimum absolute atomic E-state index is 0. The Hall–Kier alpha value is -1.58. The van der Waals surface area contributed by atoms with E-state index in [1.807, 2.05) is 30.3 Å². The molecule has 0 aliphatic rings. The van der Waals surface area contributed by atoms with Gasteiger partial charge in [-0.2, -0.15) is 0 Å². The van der Waals surface area contributed by atoms with E-state index >= 15 is 0 Å². The molecule has 1 N–H and O–H groups in total. The number of hydrogen-bond donors (Lipinski definition) is 1. The van der Waals surface area contributed by atoms with E-state index in [1.54, 1.807) is 18.3 Å². The maximum atomic E-state index is 8.96. The number of nitrogens with zero attached hydrogens (tertiary/aromatic N) is 1. The third-order valence-corrected chi connectivity index (χ3v) is 2.21. The fourth-order valence-corrected chi connectivity index (χ4v) is 1.36. The number of hydrogen-bond acceptors (Lipinski definition) is 3. The molecule has 17 heavy (non-hydrogen) atoms. The minimum Gasteiger partial charge on any atom is -0.473 e. The summed E-state index contributed by atoms with van der Waals surface area (Å²) in [7, 11) is 0. The standard InChI is InChI=1S/C13H13NO2.ClH/c15-9-12-6-7-14-13(8-12)16-10-11-4-2-1-3-5-11;/h1-8,15H,9-10H2;1H. The number of aromatic nitrogens is 1. The largest absolute Gasteiger partial charge is 0.473 e. The molecule has 0 spiro atoms. The SMILES string of the molecule is Cl.OCc1ccnc(OCc2ccccc2)c1. The number of rotatable bonds is 4.